The molecule has 0 aliphatic rings. The molecule has 0 radical (unpaired) electrons. The second-order valence-corrected chi connectivity index (χ2v) is 6.73. The van der Waals surface area contributed by atoms with Gasteiger partial charge in [0.05, 0.1) is 4.90 Å². The zero-order valence-electron chi connectivity index (χ0n) is 10.5. The highest BCUT2D eigenvalue weighted by Gasteiger charge is 2.18. The van der Waals surface area contributed by atoms with Crippen LogP contribution in [0, 0.1) is 0 Å². The maximum atomic E-state index is 11.9. The lowest BCUT2D eigenvalue weighted by Crippen LogP contribution is -2.29. The van der Waals surface area contributed by atoms with Gasteiger partial charge >= 0.3 is 0 Å². The second-order valence-electron chi connectivity index (χ2n) is 4.96. The first kappa shape index (κ1) is 14.2. The molecular formula is C12H20N2O2S. The monoisotopic (exact) mass is 256 g/mol. The molecule has 0 atom stereocenters. The van der Waals surface area contributed by atoms with Crippen LogP contribution in [0.2, 0.25) is 0 Å². The molecule has 0 aliphatic heterocycles. The molecule has 0 bridgehead atoms. The molecule has 0 aliphatic carbocycles. The van der Waals surface area contributed by atoms with Gasteiger partial charge in [-0.25, -0.2) is 13.1 Å². The van der Waals surface area contributed by atoms with E-state index in [-0.39, 0.29) is 18.5 Å². The number of sulfonamides is 1. The van der Waals surface area contributed by atoms with Crippen molar-refractivity contribution in [1.29, 1.82) is 0 Å². The van der Waals surface area contributed by atoms with E-state index in [1.807, 2.05) is 26.8 Å². The number of rotatable bonds is 4. The van der Waals surface area contributed by atoms with Crippen LogP contribution in [0.5, 0.6) is 0 Å². The van der Waals surface area contributed by atoms with E-state index in [2.05, 4.69) is 4.72 Å². The summed E-state index contributed by atoms with van der Waals surface area (Å²) in [5.41, 5.74) is 6.21. The van der Waals surface area contributed by atoms with Gasteiger partial charge in [-0.2, -0.15) is 0 Å². The molecule has 17 heavy (non-hydrogen) atoms. The highest BCUT2D eigenvalue weighted by molar-refractivity contribution is 7.89. The minimum atomic E-state index is -3.44. The molecule has 0 spiro atoms. The third kappa shape index (κ3) is 3.80. The van der Waals surface area contributed by atoms with Crippen molar-refractivity contribution in [2.45, 2.75) is 31.1 Å². The largest absolute Gasteiger partial charge is 0.329 e. The third-order valence-electron chi connectivity index (χ3n) is 2.45. The maximum absolute atomic E-state index is 11.9. The van der Waals surface area contributed by atoms with Gasteiger partial charge < -0.3 is 5.73 Å². The summed E-state index contributed by atoms with van der Waals surface area (Å²) in [6, 6.07) is 6.99. The fourth-order valence-corrected chi connectivity index (χ4v) is 2.50. The fourth-order valence-electron chi connectivity index (χ4n) is 1.41. The summed E-state index contributed by atoms with van der Waals surface area (Å²) in [5.74, 6) is 0. The first-order valence-corrected chi connectivity index (χ1v) is 7.06. The Hall–Kier alpha value is -0.910. The smallest absolute Gasteiger partial charge is 0.240 e. The minimum absolute atomic E-state index is 0.0700. The number of nitrogens with two attached hydrogens (primary N) is 1. The van der Waals surface area contributed by atoms with Crippen LogP contribution >= 0.6 is 0 Å². The highest BCUT2D eigenvalue weighted by Crippen LogP contribution is 2.24. The zero-order valence-corrected chi connectivity index (χ0v) is 11.3. The summed E-state index contributed by atoms with van der Waals surface area (Å²) in [5, 5.41) is 0. The molecule has 1 aromatic carbocycles. The number of benzene rings is 1. The van der Waals surface area contributed by atoms with E-state index in [0.717, 1.165) is 5.56 Å². The lowest BCUT2D eigenvalue weighted by Gasteiger charge is -2.19. The van der Waals surface area contributed by atoms with Gasteiger partial charge in [0.2, 0.25) is 10.0 Å². The van der Waals surface area contributed by atoms with Crippen LogP contribution < -0.4 is 10.5 Å². The van der Waals surface area contributed by atoms with Gasteiger partial charge in [0.1, 0.15) is 0 Å². The van der Waals surface area contributed by atoms with E-state index in [1.165, 1.54) is 0 Å². The van der Waals surface area contributed by atoms with Crippen molar-refractivity contribution in [1.82, 2.24) is 4.72 Å². The Morgan fingerprint density at radius 3 is 2.47 bits per heavy atom. The van der Waals surface area contributed by atoms with Gasteiger partial charge in [0, 0.05) is 13.1 Å². The summed E-state index contributed by atoms with van der Waals surface area (Å²) < 4.78 is 26.3. The van der Waals surface area contributed by atoms with Gasteiger partial charge in [0.15, 0.2) is 0 Å². The SMILES string of the molecule is CC(C)(C)c1cccc(S(=O)(=O)NCCN)c1. The number of hydrogen-bond acceptors (Lipinski definition) is 3. The predicted octanol–water partition coefficient (Wildman–Crippen LogP) is 1.22. The third-order valence-corrected chi connectivity index (χ3v) is 3.91. The molecule has 3 N–H and O–H groups in total. The first-order chi connectivity index (χ1) is 7.77. The van der Waals surface area contributed by atoms with Gasteiger partial charge in [0.25, 0.3) is 0 Å². The van der Waals surface area contributed by atoms with Gasteiger partial charge in [-0.1, -0.05) is 32.9 Å². The Labute approximate surface area is 103 Å². The molecule has 5 heteroatoms. The lowest BCUT2D eigenvalue weighted by molar-refractivity contribution is 0.576. The average Bonchev–Trinajstić information content (AvgIpc) is 2.25. The normalized spacial score (nSPS) is 12.7. The molecule has 1 rings (SSSR count). The topological polar surface area (TPSA) is 72.2 Å². The van der Waals surface area contributed by atoms with Gasteiger partial charge in [-0.15, -0.1) is 0 Å². The number of nitrogens with one attached hydrogen (secondary N) is 1. The Bertz CT molecular complexity index is 476. The highest BCUT2D eigenvalue weighted by atomic mass is 32.2. The quantitative estimate of drug-likeness (QED) is 0.851. The Balaban J connectivity index is 3.08. The Morgan fingerprint density at radius 2 is 1.94 bits per heavy atom. The summed E-state index contributed by atoms with van der Waals surface area (Å²) in [7, 11) is -3.44. The predicted molar refractivity (Wildman–Crippen MR) is 69.4 cm³/mol. The van der Waals surface area contributed by atoms with Crippen LogP contribution in [-0.2, 0) is 15.4 Å². The van der Waals surface area contributed by atoms with Crippen LogP contribution in [0.25, 0.3) is 0 Å². The van der Waals surface area contributed by atoms with E-state index >= 15 is 0 Å². The average molecular weight is 256 g/mol. The van der Waals surface area contributed by atoms with Gasteiger partial charge in [-0.05, 0) is 23.1 Å². The molecule has 4 nitrogen and oxygen atoms in total. The molecule has 0 fully saturated rings. The van der Waals surface area contributed by atoms with Crippen molar-refractivity contribution in [2.75, 3.05) is 13.1 Å². The minimum Gasteiger partial charge on any atom is -0.329 e. The van der Waals surface area contributed by atoms with Crippen molar-refractivity contribution in [3.05, 3.63) is 29.8 Å². The van der Waals surface area contributed by atoms with Crippen molar-refractivity contribution >= 4 is 10.0 Å². The molecule has 0 amide bonds. The van der Waals surface area contributed by atoms with Crippen molar-refractivity contribution in [3.63, 3.8) is 0 Å². The van der Waals surface area contributed by atoms with E-state index in [0.29, 0.717) is 4.90 Å². The summed E-state index contributed by atoms with van der Waals surface area (Å²) in [4.78, 5) is 0.290. The molecule has 0 heterocycles. The van der Waals surface area contributed by atoms with Crippen molar-refractivity contribution < 1.29 is 8.42 Å². The fraction of sp³-hybridized carbons (Fsp3) is 0.500. The van der Waals surface area contributed by atoms with Crippen LogP contribution in [0.1, 0.15) is 26.3 Å². The molecule has 96 valence electrons. The molecule has 0 saturated carbocycles. The summed E-state index contributed by atoms with van der Waals surface area (Å²) in [6.45, 7) is 6.68. The molecule has 0 unspecified atom stereocenters. The van der Waals surface area contributed by atoms with Crippen LogP contribution in [-0.4, -0.2) is 21.5 Å². The lowest BCUT2D eigenvalue weighted by atomic mass is 9.87. The summed E-state index contributed by atoms with van der Waals surface area (Å²) >= 11 is 0. The van der Waals surface area contributed by atoms with E-state index in [9.17, 15) is 8.42 Å². The summed E-state index contributed by atoms with van der Waals surface area (Å²) in [6.07, 6.45) is 0. The number of hydrogen-bond donors (Lipinski definition) is 2. The first-order valence-electron chi connectivity index (χ1n) is 5.57. The molecule has 1 aromatic rings. The van der Waals surface area contributed by atoms with Gasteiger partial charge in [-0.3, -0.25) is 0 Å². The maximum Gasteiger partial charge on any atom is 0.240 e. The Kier molecular flexibility index (Phi) is 4.30. The molecular weight excluding hydrogens is 236 g/mol. The second kappa shape index (κ2) is 5.16. The van der Waals surface area contributed by atoms with Crippen LogP contribution in [0.15, 0.2) is 29.2 Å². The van der Waals surface area contributed by atoms with Crippen molar-refractivity contribution in [3.8, 4) is 0 Å². The van der Waals surface area contributed by atoms with Crippen LogP contribution in [0.4, 0.5) is 0 Å². The van der Waals surface area contributed by atoms with Crippen molar-refractivity contribution in [2.24, 2.45) is 5.73 Å². The standard InChI is InChI=1S/C12H20N2O2S/c1-12(2,3)10-5-4-6-11(9-10)17(15,16)14-8-7-13/h4-6,9,14H,7-8,13H2,1-3H3. The van der Waals surface area contributed by atoms with E-state index < -0.39 is 10.0 Å². The van der Waals surface area contributed by atoms with E-state index in [4.69, 9.17) is 5.73 Å². The molecule has 0 saturated heterocycles. The van der Waals surface area contributed by atoms with E-state index in [1.54, 1.807) is 18.2 Å². The Morgan fingerprint density at radius 1 is 1.29 bits per heavy atom. The molecule has 0 aromatic heterocycles. The zero-order chi connectivity index (χ0) is 13.1. The van der Waals surface area contributed by atoms with Crippen LogP contribution in [0.3, 0.4) is 0 Å².